The van der Waals surface area contributed by atoms with Gasteiger partial charge in [0.15, 0.2) is 0 Å². The quantitative estimate of drug-likeness (QED) is 0.813. The number of carbonyl (C=O) groups is 1. The summed E-state index contributed by atoms with van der Waals surface area (Å²) in [7, 11) is 0. The van der Waals surface area contributed by atoms with Gasteiger partial charge in [0.1, 0.15) is 0 Å². The zero-order valence-corrected chi connectivity index (χ0v) is 12.2. The summed E-state index contributed by atoms with van der Waals surface area (Å²) in [5.41, 5.74) is 0.918. The van der Waals surface area contributed by atoms with Crippen LogP contribution in [0.4, 0.5) is 0 Å². The lowest BCUT2D eigenvalue weighted by Gasteiger charge is -2.33. The highest BCUT2D eigenvalue weighted by molar-refractivity contribution is 5.89. The molecule has 2 aliphatic heterocycles. The maximum Gasteiger partial charge on any atom is 0.233 e. The van der Waals surface area contributed by atoms with Gasteiger partial charge < -0.3 is 4.90 Å². The number of hydrogen-bond donors (Lipinski definition) is 0. The molecule has 2 heteroatoms. The summed E-state index contributed by atoms with van der Waals surface area (Å²) in [4.78, 5) is 15.3. The first-order valence-corrected chi connectivity index (χ1v) is 8.02. The first-order chi connectivity index (χ1) is 10.3. The van der Waals surface area contributed by atoms with Gasteiger partial charge in [0, 0.05) is 18.5 Å². The highest BCUT2D eigenvalue weighted by Crippen LogP contribution is 2.50. The fourth-order valence-corrected chi connectivity index (χ4v) is 4.42. The molecule has 0 unspecified atom stereocenters. The van der Waals surface area contributed by atoms with Crippen LogP contribution in [0.5, 0.6) is 0 Å². The van der Waals surface area contributed by atoms with Crippen molar-refractivity contribution in [2.24, 2.45) is 11.3 Å². The standard InChI is InChI=1S/C19H21NO/c21-18-19(14-15-8-2-1-3-9-15)12-6-4-10-16(19)17-11-5-7-13-20(17)18/h1-4,6,8-10,12,16-17H,5,7,11,13-14H2/t16-,17+,19+/m0/s1. The number of hydrogen-bond acceptors (Lipinski definition) is 1. The van der Waals surface area contributed by atoms with E-state index >= 15 is 0 Å². The second-order valence-electron chi connectivity index (χ2n) is 6.53. The molecule has 0 spiro atoms. The fraction of sp³-hybridized carbons (Fsp3) is 0.421. The molecule has 1 aliphatic carbocycles. The number of fused-ring (bicyclic) bond motifs is 3. The fourth-order valence-electron chi connectivity index (χ4n) is 4.42. The summed E-state index contributed by atoms with van der Waals surface area (Å²) >= 11 is 0. The molecule has 1 aromatic rings. The van der Waals surface area contributed by atoms with Crippen LogP contribution in [0.3, 0.4) is 0 Å². The smallest absolute Gasteiger partial charge is 0.233 e. The Balaban J connectivity index is 1.75. The molecule has 2 fully saturated rings. The van der Waals surface area contributed by atoms with Crippen molar-refractivity contribution < 1.29 is 4.79 Å². The van der Waals surface area contributed by atoms with Crippen molar-refractivity contribution in [1.29, 1.82) is 0 Å². The van der Waals surface area contributed by atoms with Gasteiger partial charge in [-0.3, -0.25) is 4.79 Å². The number of benzene rings is 1. The molecule has 1 aromatic carbocycles. The van der Waals surface area contributed by atoms with Gasteiger partial charge >= 0.3 is 0 Å². The number of rotatable bonds is 2. The molecule has 1 amide bonds. The molecule has 2 heterocycles. The lowest BCUT2D eigenvalue weighted by molar-refractivity contribution is -0.135. The van der Waals surface area contributed by atoms with Crippen LogP contribution in [0.2, 0.25) is 0 Å². The number of nitrogens with zero attached hydrogens (tertiary/aromatic N) is 1. The van der Waals surface area contributed by atoms with Gasteiger partial charge in [-0.1, -0.05) is 54.6 Å². The van der Waals surface area contributed by atoms with E-state index in [2.05, 4.69) is 53.5 Å². The number of piperidine rings is 1. The lowest BCUT2D eigenvalue weighted by Crippen LogP contribution is -2.39. The molecule has 4 rings (SSSR count). The van der Waals surface area contributed by atoms with E-state index in [0.29, 0.717) is 17.9 Å². The average Bonchev–Trinajstić information content (AvgIpc) is 2.79. The van der Waals surface area contributed by atoms with Gasteiger partial charge in [0.2, 0.25) is 5.91 Å². The first kappa shape index (κ1) is 12.9. The van der Waals surface area contributed by atoms with Gasteiger partial charge in [-0.25, -0.2) is 0 Å². The van der Waals surface area contributed by atoms with E-state index in [9.17, 15) is 4.79 Å². The van der Waals surface area contributed by atoms with Crippen molar-refractivity contribution in [3.05, 3.63) is 60.2 Å². The molecule has 2 saturated heterocycles. The Kier molecular flexibility index (Phi) is 2.99. The Bertz CT molecular complexity index is 603. The van der Waals surface area contributed by atoms with Crippen LogP contribution in [0.25, 0.3) is 0 Å². The van der Waals surface area contributed by atoms with E-state index < -0.39 is 0 Å². The second-order valence-corrected chi connectivity index (χ2v) is 6.53. The van der Waals surface area contributed by atoms with E-state index in [1.807, 2.05) is 6.07 Å². The zero-order chi connectivity index (χ0) is 14.3. The molecular formula is C19H21NO. The largest absolute Gasteiger partial charge is 0.338 e. The van der Waals surface area contributed by atoms with E-state index in [1.54, 1.807) is 0 Å². The van der Waals surface area contributed by atoms with Gasteiger partial charge in [-0.05, 0) is 31.2 Å². The highest BCUT2D eigenvalue weighted by atomic mass is 16.2. The number of allylic oxidation sites excluding steroid dienone is 2. The number of amides is 1. The Morgan fingerprint density at radius 3 is 2.86 bits per heavy atom. The van der Waals surface area contributed by atoms with Crippen molar-refractivity contribution in [3.63, 3.8) is 0 Å². The summed E-state index contributed by atoms with van der Waals surface area (Å²) in [5, 5.41) is 0. The van der Waals surface area contributed by atoms with Crippen molar-refractivity contribution in [3.8, 4) is 0 Å². The van der Waals surface area contributed by atoms with Gasteiger partial charge in [-0.2, -0.15) is 0 Å². The first-order valence-electron chi connectivity index (χ1n) is 8.02. The topological polar surface area (TPSA) is 20.3 Å². The number of carbonyl (C=O) groups excluding carboxylic acids is 1. The van der Waals surface area contributed by atoms with Crippen LogP contribution < -0.4 is 0 Å². The molecule has 2 nitrogen and oxygen atoms in total. The molecule has 0 radical (unpaired) electrons. The Hall–Kier alpha value is -1.83. The van der Waals surface area contributed by atoms with Crippen molar-refractivity contribution >= 4 is 5.91 Å². The van der Waals surface area contributed by atoms with E-state index in [0.717, 1.165) is 25.8 Å². The third-order valence-corrected chi connectivity index (χ3v) is 5.38. The molecule has 3 aliphatic rings. The Morgan fingerprint density at radius 2 is 2.00 bits per heavy atom. The lowest BCUT2D eigenvalue weighted by atomic mass is 9.68. The maximum atomic E-state index is 13.1. The predicted molar refractivity (Wildman–Crippen MR) is 83.7 cm³/mol. The van der Waals surface area contributed by atoms with Crippen LogP contribution >= 0.6 is 0 Å². The predicted octanol–water partition coefficient (Wildman–Crippen LogP) is 3.35. The minimum absolute atomic E-state index is 0.342. The van der Waals surface area contributed by atoms with E-state index in [4.69, 9.17) is 0 Å². The van der Waals surface area contributed by atoms with Crippen molar-refractivity contribution in [2.75, 3.05) is 6.54 Å². The highest BCUT2D eigenvalue weighted by Gasteiger charge is 2.57. The van der Waals surface area contributed by atoms with Crippen molar-refractivity contribution in [1.82, 2.24) is 4.90 Å². The Labute approximate surface area is 126 Å². The summed E-state index contributed by atoms with van der Waals surface area (Å²) < 4.78 is 0. The van der Waals surface area contributed by atoms with Crippen LogP contribution in [0.1, 0.15) is 24.8 Å². The molecule has 21 heavy (non-hydrogen) atoms. The summed E-state index contributed by atoms with van der Waals surface area (Å²) in [6, 6.07) is 10.9. The van der Waals surface area contributed by atoms with Gasteiger partial charge in [0.25, 0.3) is 0 Å². The Morgan fingerprint density at radius 1 is 1.14 bits per heavy atom. The van der Waals surface area contributed by atoms with Crippen LogP contribution in [-0.4, -0.2) is 23.4 Å². The van der Waals surface area contributed by atoms with Crippen LogP contribution in [0, 0.1) is 11.3 Å². The molecule has 0 N–H and O–H groups in total. The zero-order valence-electron chi connectivity index (χ0n) is 12.2. The van der Waals surface area contributed by atoms with E-state index in [1.165, 1.54) is 12.0 Å². The van der Waals surface area contributed by atoms with Gasteiger partial charge in [0.05, 0.1) is 5.41 Å². The molecule has 0 bridgehead atoms. The normalized spacial score (nSPS) is 33.9. The van der Waals surface area contributed by atoms with Crippen LogP contribution in [-0.2, 0) is 11.2 Å². The van der Waals surface area contributed by atoms with E-state index in [-0.39, 0.29) is 5.41 Å². The average molecular weight is 279 g/mol. The second kappa shape index (κ2) is 4.87. The molecule has 0 aromatic heterocycles. The summed E-state index contributed by atoms with van der Waals surface area (Å²) in [6.45, 7) is 0.943. The molecule has 0 saturated carbocycles. The monoisotopic (exact) mass is 279 g/mol. The molecule has 3 atom stereocenters. The van der Waals surface area contributed by atoms with Crippen LogP contribution in [0.15, 0.2) is 54.6 Å². The summed E-state index contributed by atoms with van der Waals surface area (Å²) in [5.74, 6) is 0.692. The minimum atomic E-state index is -0.342. The third-order valence-electron chi connectivity index (χ3n) is 5.38. The maximum absolute atomic E-state index is 13.1. The minimum Gasteiger partial charge on any atom is -0.338 e. The third kappa shape index (κ3) is 1.89. The van der Waals surface area contributed by atoms with Gasteiger partial charge in [-0.15, -0.1) is 0 Å². The SMILES string of the molecule is O=C1N2CCCC[C@@H]2[C@@H]2C=CC=C[C@]12Cc1ccccc1. The molecular weight excluding hydrogens is 258 g/mol. The summed E-state index contributed by atoms with van der Waals surface area (Å²) in [6.07, 6.45) is 13.0. The van der Waals surface area contributed by atoms with Crippen molar-refractivity contribution in [2.45, 2.75) is 31.7 Å². The molecule has 108 valence electrons.